The van der Waals surface area contributed by atoms with E-state index in [2.05, 4.69) is 23.0 Å². The van der Waals surface area contributed by atoms with Gasteiger partial charge in [-0.2, -0.15) is 0 Å². The molecule has 0 bridgehead atoms. The molecule has 2 heteroatoms. The average Bonchev–Trinajstić information content (AvgIpc) is 2.06. The van der Waals surface area contributed by atoms with E-state index in [1.54, 1.807) is 12.4 Å². The van der Waals surface area contributed by atoms with Crippen molar-refractivity contribution >= 4 is 12.2 Å². The van der Waals surface area contributed by atoms with Crippen molar-refractivity contribution in [3.05, 3.63) is 23.1 Å². The van der Waals surface area contributed by atoms with Gasteiger partial charge in [-0.15, -0.1) is 0 Å². The van der Waals surface area contributed by atoms with Crippen LogP contribution in [0, 0.1) is 0 Å². The molecule has 2 nitrogen and oxygen atoms in total. The molecule has 0 N–H and O–H groups in total. The van der Waals surface area contributed by atoms with Gasteiger partial charge in [-0.1, -0.05) is 19.1 Å². The van der Waals surface area contributed by atoms with Crippen LogP contribution >= 0.6 is 0 Å². The Bertz CT molecular complexity index is 328. The molecule has 0 saturated carbocycles. The van der Waals surface area contributed by atoms with E-state index in [0.717, 1.165) is 17.1 Å². The molecule has 0 radical (unpaired) electrons. The highest BCUT2D eigenvalue weighted by atomic mass is 14.7. The van der Waals surface area contributed by atoms with E-state index < -0.39 is 0 Å². The van der Waals surface area contributed by atoms with Crippen LogP contribution in [0.4, 0.5) is 0 Å². The molecule has 0 fully saturated rings. The highest BCUT2D eigenvalue weighted by Crippen LogP contribution is 1.71. The van der Waals surface area contributed by atoms with Gasteiger partial charge >= 0.3 is 0 Å². The van der Waals surface area contributed by atoms with Gasteiger partial charge in [0, 0.05) is 12.4 Å². The molecule has 58 valence electrons. The van der Waals surface area contributed by atoms with Gasteiger partial charge in [-0.05, 0) is 13.3 Å². The van der Waals surface area contributed by atoms with Crippen LogP contribution in [-0.2, 0) is 0 Å². The zero-order valence-electron chi connectivity index (χ0n) is 6.91. The molecule has 1 rings (SSSR count). The first kappa shape index (κ1) is 7.92. The van der Waals surface area contributed by atoms with Gasteiger partial charge < -0.3 is 0 Å². The summed E-state index contributed by atoms with van der Waals surface area (Å²) in [6, 6.07) is 0. The predicted octanol–water partition coefficient (Wildman–Crippen LogP) is 0.467. The van der Waals surface area contributed by atoms with Gasteiger partial charge in [0.05, 0.1) is 10.7 Å². The second kappa shape index (κ2) is 3.86. The number of hydrogen-bond donors (Lipinski definition) is 0. The summed E-state index contributed by atoms with van der Waals surface area (Å²) in [6.45, 7) is 4.06. The summed E-state index contributed by atoms with van der Waals surface area (Å²) < 4.78 is 0. The first-order valence-corrected chi connectivity index (χ1v) is 3.82. The van der Waals surface area contributed by atoms with Crippen molar-refractivity contribution in [2.75, 3.05) is 0 Å². The molecule has 0 unspecified atom stereocenters. The molecule has 0 atom stereocenters. The van der Waals surface area contributed by atoms with E-state index >= 15 is 0 Å². The third kappa shape index (κ3) is 1.87. The Morgan fingerprint density at radius 1 is 1.27 bits per heavy atom. The molecule has 0 amide bonds. The maximum absolute atomic E-state index is 4.19. The quantitative estimate of drug-likeness (QED) is 0.578. The Balaban J connectivity index is 3.37. The van der Waals surface area contributed by atoms with Crippen molar-refractivity contribution in [2.45, 2.75) is 20.3 Å². The molecule has 0 aromatic carbocycles. The lowest BCUT2D eigenvalue weighted by Crippen LogP contribution is -2.30. The third-order valence-corrected chi connectivity index (χ3v) is 1.43. The number of hydrogen-bond acceptors (Lipinski definition) is 2. The highest BCUT2D eigenvalue weighted by molar-refractivity contribution is 5.22. The summed E-state index contributed by atoms with van der Waals surface area (Å²) in [5.74, 6) is 0. The molecule has 1 aromatic rings. The zero-order valence-corrected chi connectivity index (χ0v) is 6.91. The summed E-state index contributed by atoms with van der Waals surface area (Å²) in [7, 11) is 0. The van der Waals surface area contributed by atoms with Crippen molar-refractivity contribution < 1.29 is 0 Å². The van der Waals surface area contributed by atoms with Crippen LogP contribution in [0.1, 0.15) is 20.3 Å². The van der Waals surface area contributed by atoms with E-state index in [1.807, 2.05) is 13.0 Å². The predicted molar refractivity (Wildman–Crippen MR) is 46.2 cm³/mol. The van der Waals surface area contributed by atoms with Crippen molar-refractivity contribution in [3.63, 3.8) is 0 Å². The van der Waals surface area contributed by atoms with Gasteiger partial charge in [0.25, 0.3) is 0 Å². The topological polar surface area (TPSA) is 25.8 Å². The fourth-order valence-electron chi connectivity index (χ4n) is 0.933. The van der Waals surface area contributed by atoms with Crippen LogP contribution in [0.2, 0.25) is 0 Å². The summed E-state index contributed by atoms with van der Waals surface area (Å²) in [5, 5.41) is 1.95. The smallest absolute Gasteiger partial charge is 0.0843 e. The van der Waals surface area contributed by atoms with Crippen LogP contribution in [0.3, 0.4) is 0 Å². The molecular weight excluding hydrogens is 136 g/mol. The molecule has 0 aliphatic heterocycles. The Labute approximate surface area is 66.3 Å². The SMILES string of the molecule is C/C=c1/nccn/c1=C/CC. The van der Waals surface area contributed by atoms with Crippen LogP contribution in [0.15, 0.2) is 12.4 Å². The first-order valence-electron chi connectivity index (χ1n) is 3.82. The number of rotatable bonds is 1. The molecular formula is C9H12N2. The highest BCUT2D eigenvalue weighted by Gasteiger charge is 1.81. The van der Waals surface area contributed by atoms with Crippen LogP contribution < -0.4 is 10.7 Å². The Hall–Kier alpha value is -1.18. The largest absolute Gasteiger partial charge is 0.253 e. The Morgan fingerprint density at radius 2 is 1.91 bits per heavy atom. The van der Waals surface area contributed by atoms with Crippen LogP contribution in [-0.4, -0.2) is 9.97 Å². The molecule has 0 spiro atoms. The fraction of sp³-hybridized carbons (Fsp3) is 0.333. The van der Waals surface area contributed by atoms with E-state index in [9.17, 15) is 0 Å². The summed E-state index contributed by atoms with van der Waals surface area (Å²) >= 11 is 0. The fourth-order valence-corrected chi connectivity index (χ4v) is 0.933. The van der Waals surface area contributed by atoms with Gasteiger partial charge in [0.1, 0.15) is 0 Å². The van der Waals surface area contributed by atoms with E-state index in [-0.39, 0.29) is 0 Å². The van der Waals surface area contributed by atoms with E-state index in [4.69, 9.17) is 0 Å². The van der Waals surface area contributed by atoms with Crippen molar-refractivity contribution in [1.82, 2.24) is 9.97 Å². The minimum absolute atomic E-state index is 0.967. The number of aromatic nitrogens is 2. The maximum Gasteiger partial charge on any atom is 0.0843 e. The van der Waals surface area contributed by atoms with Crippen LogP contribution in [0.5, 0.6) is 0 Å². The van der Waals surface area contributed by atoms with E-state index in [0.29, 0.717) is 0 Å². The second-order valence-electron chi connectivity index (χ2n) is 2.23. The molecule has 0 aliphatic carbocycles. The second-order valence-corrected chi connectivity index (χ2v) is 2.23. The Kier molecular flexibility index (Phi) is 2.78. The lowest BCUT2D eigenvalue weighted by atomic mass is 10.4. The molecule has 1 heterocycles. The summed E-state index contributed by atoms with van der Waals surface area (Å²) in [6.07, 6.45) is 8.47. The van der Waals surface area contributed by atoms with E-state index in [1.165, 1.54) is 0 Å². The van der Waals surface area contributed by atoms with Crippen molar-refractivity contribution in [1.29, 1.82) is 0 Å². The summed E-state index contributed by atoms with van der Waals surface area (Å²) in [5.41, 5.74) is 0. The normalized spacial score (nSPS) is 14.0. The monoisotopic (exact) mass is 148 g/mol. The average molecular weight is 148 g/mol. The summed E-state index contributed by atoms with van der Waals surface area (Å²) in [4.78, 5) is 8.36. The minimum atomic E-state index is 0.967. The van der Waals surface area contributed by atoms with Gasteiger partial charge in [0.2, 0.25) is 0 Å². The number of nitrogens with zero attached hydrogens (tertiary/aromatic N) is 2. The van der Waals surface area contributed by atoms with Gasteiger partial charge in [-0.3, -0.25) is 9.97 Å². The Morgan fingerprint density at radius 3 is 2.45 bits per heavy atom. The molecule has 0 saturated heterocycles. The standard InChI is InChI=1S/C9H12N2/c1-3-5-9-8(4-2)10-6-7-11-9/h4-7H,3H2,1-2H3/b8-4+,9-5+. The first-order chi connectivity index (χ1) is 5.38. The minimum Gasteiger partial charge on any atom is -0.253 e. The molecule has 11 heavy (non-hydrogen) atoms. The molecule has 0 aliphatic rings. The van der Waals surface area contributed by atoms with Crippen molar-refractivity contribution in [2.24, 2.45) is 0 Å². The zero-order chi connectivity index (χ0) is 8.10. The lowest BCUT2D eigenvalue weighted by molar-refractivity contribution is 1.08. The van der Waals surface area contributed by atoms with Crippen LogP contribution in [0.25, 0.3) is 12.2 Å². The lowest BCUT2D eigenvalue weighted by Gasteiger charge is -1.86. The van der Waals surface area contributed by atoms with Crippen molar-refractivity contribution in [3.8, 4) is 0 Å². The molecule has 1 aromatic heterocycles. The third-order valence-electron chi connectivity index (χ3n) is 1.43. The van der Waals surface area contributed by atoms with Gasteiger partial charge in [-0.25, -0.2) is 0 Å². The maximum atomic E-state index is 4.19. The van der Waals surface area contributed by atoms with Gasteiger partial charge in [0.15, 0.2) is 0 Å².